The highest BCUT2D eigenvalue weighted by Crippen LogP contribution is 2.35. The minimum absolute atomic E-state index is 0.00927. The molecule has 0 spiro atoms. The molecular weight excluding hydrogens is 307 g/mol. The normalized spacial score (nSPS) is 25.3. The molecule has 2 amide bonds. The Labute approximate surface area is 135 Å². The second kappa shape index (κ2) is 6.45. The van der Waals surface area contributed by atoms with Crippen LogP contribution in [-0.2, 0) is 0 Å². The Kier molecular flexibility index (Phi) is 4.60. The molecule has 5 heteroatoms. The summed E-state index contributed by atoms with van der Waals surface area (Å²) in [5.41, 5.74) is 0.701. The number of carbonyl (C=O) groups excluding carboxylic acids is 1. The molecule has 1 aliphatic heterocycles. The molecule has 2 atom stereocenters. The first-order chi connectivity index (χ1) is 10.1. The van der Waals surface area contributed by atoms with Crippen LogP contribution < -0.4 is 5.32 Å². The number of halogens is 2. The lowest BCUT2D eigenvalue weighted by Gasteiger charge is -2.44. The lowest BCUT2D eigenvalue weighted by molar-refractivity contribution is 0.0909. The van der Waals surface area contributed by atoms with E-state index in [1.54, 1.807) is 18.2 Å². The van der Waals surface area contributed by atoms with Crippen LogP contribution in [0.25, 0.3) is 0 Å². The monoisotopic (exact) mass is 326 g/mol. The number of fused-ring (bicyclic) bond motifs is 1. The topological polar surface area (TPSA) is 32.3 Å². The Morgan fingerprint density at radius 1 is 1.10 bits per heavy atom. The summed E-state index contributed by atoms with van der Waals surface area (Å²) in [6.45, 7) is 0.855. The molecule has 1 saturated carbocycles. The third kappa shape index (κ3) is 3.29. The van der Waals surface area contributed by atoms with E-state index in [1.165, 1.54) is 25.7 Å². The smallest absolute Gasteiger partial charge is 0.321 e. The Morgan fingerprint density at radius 2 is 1.86 bits per heavy atom. The van der Waals surface area contributed by atoms with Crippen molar-refractivity contribution in [2.75, 3.05) is 11.9 Å². The number of anilines is 1. The Hall–Kier alpha value is -0.930. The lowest BCUT2D eigenvalue weighted by Crippen LogP contribution is -2.51. The van der Waals surface area contributed by atoms with Gasteiger partial charge in [-0.15, -0.1) is 0 Å². The summed E-state index contributed by atoms with van der Waals surface area (Å²) >= 11 is 11.9. The molecule has 21 heavy (non-hydrogen) atoms. The van der Waals surface area contributed by atoms with Crippen LogP contribution in [0, 0.1) is 5.92 Å². The number of nitrogens with one attached hydrogen (secondary N) is 1. The van der Waals surface area contributed by atoms with Crippen LogP contribution in [0.4, 0.5) is 10.5 Å². The molecule has 2 fully saturated rings. The zero-order valence-corrected chi connectivity index (χ0v) is 13.5. The van der Waals surface area contributed by atoms with E-state index in [1.807, 2.05) is 4.90 Å². The SMILES string of the molecule is O=C(Nc1ccc(Cl)c(Cl)c1)N1CCC[C@H]2CCCC[C@@H]21. The molecule has 114 valence electrons. The standard InChI is InChI=1S/C16H20Cl2N2O/c17-13-8-7-12(10-14(13)18)19-16(21)20-9-3-5-11-4-1-2-6-15(11)20/h7-8,10-11,15H,1-6,9H2,(H,19,21)/t11-,15+/m1/s1. The minimum Gasteiger partial charge on any atom is -0.321 e. The van der Waals surface area contributed by atoms with E-state index >= 15 is 0 Å². The highest BCUT2D eigenvalue weighted by molar-refractivity contribution is 6.42. The first-order valence-electron chi connectivity index (χ1n) is 7.68. The molecule has 3 rings (SSSR count). The fraction of sp³-hybridized carbons (Fsp3) is 0.562. The van der Waals surface area contributed by atoms with Crippen molar-refractivity contribution in [2.24, 2.45) is 5.92 Å². The molecule has 1 N–H and O–H groups in total. The number of hydrogen-bond donors (Lipinski definition) is 1. The van der Waals surface area contributed by atoms with E-state index in [4.69, 9.17) is 23.2 Å². The first-order valence-corrected chi connectivity index (χ1v) is 8.43. The third-order valence-electron chi connectivity index (χ3n) is 4.67. The summed E-state index contributed by atoms with van der Waals surface area (Å²) in [4.78, 5) is 14.6. The predicted molar refractivity (Wildman–Crippen MR) is 87.2 cm³/mol. The van der Waals surface area contributed by atoms with Crippen LogP contribution in [0.1, 0.15) is 38.5 Å². The highest BCUT2D eigenvalue weighted by Gasteiger charge is 2.35. The molecule has 3 nitrogen and oxygen atoms in total. The van der Waals surface area contributed by atoms with E-state index in [0.29, 0.717) is 27.7 Å². The summed E-state index contributed by atoms with van der Waals surface area (Å²) in [5, 5.41) is 3.92. The number of likely N-dealkylation sites (tertiary alicyclic amines) is 1. The van der Waals surface area contributed by atoms with Crippen LogP contribution >= 0.6 is 23.2 Å². The lowest BCUT2D eigenvalue weighted by atomic mass is 9.78. The van der Waals surface area contributed by atoms with Gasteiger partial charge in [-0.05, 0) is 49.8 Å². The van der Waals surface area contributed by atoms with E-state index in [9.17, 15) is 4.79 Å². The van der Waals surface area contributed by atoms with E-state index < -0.39 is 0 Å². The van der Waals surface area contributed by atoms with Gasteiger partial charge >= 0.3 is 6.03 Å². The summed E-state index contributed by atoms with van der Waals surface area (Å²) in [7, 11) is 0. The zero-order valence-electron chi connectivity index (χ0n) is 11.9. The summed E-state index contributed by atoms with van der Waals surface area (Å²) in [6, 6.07) is 5.60. The average molecular weight is 327 g/mol. The van der Waals surface area contributed by atoms with Crippen LogP contribution in [-0.4, -0.2) is 23.5 Å². The van der Waals surface area contributed by atoms with Crippen molar-refractivity contribution in [1.29, 1.82) is 0 Å². The van der Waals surface area contributed by atoms with Crippen molar-refractivity contribution in [3.8, 4) is 0 Å². The second-order valence-corrected chi connectivity index (χ2v) is 6.82. The average Bonchev–Trinajstić information content (AvgIpc) is 2.50. The molecule has 2 aliphatic rings. The maximum Gasteiger partial charge on any atom is 0.322 e. The van der Waals surface area contributed by atoms with Crippen LogP contribution in [0.5, 0.6) is 0 Å². The Morgan fingerprint density at radius 3 is 2.67 bits per heavy atom. The van der Waals surface area contributed by atoms with Gasteiger partial charge in [0.25, 0.3) is 0 Å². The molecular formula is C16H20Cl2N2O. The fourth-order valence-corrected chi connectivity index (χ4v) is 3.94. The maximum absolute atomic E-state index is 12.6. The molecule has 0 aromatic heterocycles. The number of amides is 2. The number of nitrogens with zero attached hydrogens (tertiary/aromatic N) is 1. The number of piperidine rings is 1. The second-order valence-electron chi connectivity index (χ2n) is 6.01. The van der Waals surface area contributed by atoms with Gasteiger partial charge < -0.3 is 10.2 Å². The van der Waals surface area contributed by atoms with Gasteiger partial charge in [0.1, 0.15) is 0 Å². The van der Waals surface area contributed by atoms with E-state index in [-0.39, 0.29) is 6.03 Å². The van der Waals surface area contributed by atoms with Gasteiger partial charge in [-0.3, -0.25) is 0 Å². The Balaban J connectivity index is 1.70. The maximum atomic E-state index is 12.6. The largest absolute Gasteiger partial charge is 0.322 e. The number of benzene rings is 1. The summed E-state index contributed by atoms with van der Waals surface area (Å²) in [6.07, 6.45) is 7.32. The number of hydrogen-bond acceptors (Lipinski definition) is 1. The van der Waals surface area contributed by atoms with Gasteiger partial charge in [0, 0.05) is 18.3 Å². The van der Waals surface area contributed by atoms with Gasteiger partial charge in [-0.1, -0.05) is 36.0 Å². The molecule has 1 aromatic carbocycles. The van der Waals surface area contributed by atoms with Gasteiger partial charge in [0.2, 0.25) is 0 Å². The van der Waals surface area contributed by atoms with Crippen LogP contribution in [0.3, 0.4) is 0 Å². The fourth-order valence-electron chi connectivity index (χ4n) is 3.65. The molecule has 0 radical (unpaired) electrons. The predicted octanol–water partition coefficient (Wildman–Crippen LogP) is 5.18. The van der Waals surface area contributed by atoms with Crippen molar-refractivity contribution >= 4 is 34.9 Å². The summed E-state index contributed by atoms with van der Waals surface area (Å²) < 4.78 is 0. The molecule has 0 bridgehead atoms. The number of carbonyl (C=O) groups is 1. The number of rotatable bonds is 1. The van der Waals surface area contributed by atoms with Crippen molar-refractivity contribution in [3.05, 3.63) is 28.2 Å². The van der Waals surface area contributed by atoms with Gasteiger partial charge in [-0.2, -0.15) is 0 Å². The molecule has 1 aliphatic carbocycles. The Bertz CT molecular complexity index is 533. The minimum atomic E-state index is -0.00927. The molecule has 0 unspecified atom stereocenters. The molecule has 1 heterocycles. The first kappa shape index (κ1) is 15.0. The summed E-state index contributed by atoms with van der Waals surface area (Å²) in [5.74, 6) is 0.687. The van der Waals surface area contributed by atoms with Gasteiger partial charge in [0.15, 0.2) is 0 Å². The zero-order chi connectivity index (χ0) is 14.8. The van der Waals surface area contributed by atoms with Crippen molar-refractivity contribution in [2.45, 2.75) is 44.6 Å². The third-order valence-corrected chi connectivity index (χ3v) is 5.41. The van der Waals surface area contributed by atoms with Gasteiger partial charge in [-0.25, -0.2) is 4.79 Å². The van der Waals surface area contributed by atoms with E-state index in [0.717, 1.165) is 19.4 Å². The molecule has 1 saturated heterocycles. The number of urea groups is 1. The van der Waals surface area contributed by atoms with E-state index in [2.05, 4.69) is 5.32 Å². The van der Waals surface area contributed by atoms with Crippen LogP contribution in [0.2, 0.25) is 10.0 Å². The van der Waals surface area contributed by atoms with Crippen molar-refractivity contribution in [1.82, 2.24) is 4.90 Å². The highest BCUT2D eigenvalue weighted by atomic mass is 35.5. The van der Waals surface area contributed by atoms with Crippen molar-refractivity contribution < 1.29 is 4.79 Å². The quantitative estimate of drug-likeness (QED) is 0.757. The molecule has 1 aromatic rings. The van der Waals surface area contributed by atoms with Crippen LogP contribution in [0.15, 0.2) is 18.2 Å². The van der Waals surface area contributed by atoms with Crippen molar-refractivity contribution in [3.63, 3.8) is 0 Å². The van der Waals surface area contributed by atoms with Gasteiger partial charge in [0.05, 0.1) is 10.0 Å².